The molecule has 0 spiro atoms. The Balaban J connectivity index is 1.35. The van der Waals surface area contributed by atoms with E-state index in [-0.39, 0.29) is 24.8 Å². The third kappa shape index (κ3) is 5.30. The highest BCUT2D eigenvalue weighted by atomic mass is 35.5. The summed E-state index contributed by atoms with van der Waals surface area (Å²) in [7, 11) is 1.90. The second-order valence-corrected chi connectivity index (χ2v) is 8.62. The van der Waals surface area contributed by atoms with Crippen molar-refractivity contribution in [2.75, 3.05) is 11.9 Å². The third-order valence-corrected chi connectivity index (χ3v) is 6.23. The van der Waals surface area contributed by atoms with Gasteiger partial charge in [-0.1, -0.05) is 41.9 Å². The van der Waals surface area contributed by atoms with Crippen LogP contribution in [-0.2, 0) is 11.8 Å². The van der Waals surface area contributed by atoms with Crippen molar-refractivity contribution in [3.63, 3.8) is 0 Å². The Morgan fingerprint density at radius 3 is 2.66 bits per heavy atom. The molecular formula is C24H21ClN4O2S. The highest BCUT2D eigenvalue weighted by Gasteiger charge is 2.12. The number of aryl methyl sites for hydroxylation is 1. The Hall–Kier alpha value is -3.29. The summed E-state index contributed by atoms with van der Waals surface area (Å²) in [5, 5.41) is 9.08. The average Bonchev–Trinajstić information content (AvgIpc) is 3.19. The van der Waals surface area contributed by atoms with Crippen molar-refractivity contribution >= 4 is 51.6 Å². The predicted molar refractivity (Wildman–Crippen MR) is 128 cm³/mol. The Labute approximate surface area is 195 Å². The molecular weight excluding hydrogens is 444 g/mol. The van der Waals surface area contributed by atoms with Gasteiger partial charge in [-0.3, -0.25) is 9.59 Å². The Bertz CT molecular complexity index is 1290. The van der Waals surface area contributed by atoms with Gasteiger partial charge in [0, 0.05) is 47.9 Å². The van der Waals surface area contributed by atoms with Gasteiger partial charge in [-0.05, 0) is 52.9 Å². The number of benzene rings is 3. The summed E-state index contributed by atoms with van der Waals surface area (Å²) in [6.07, 6.45) is 3.71. The molecule has 8 heteroatoms. The SMILES string of the molecule is Cn1ccnc1Sc1ccc(Cl)cc1NC(=O)CCNC(=O)c1ccc2ccccc2c1. The first-order chi connectivity index (χ1) is 15.5. The van der Waals surface area contributed by atoms with Crippen LogP contribution in [0.2, 0.25) is 5.02 Å². The molecule has 0 saturated carbocycles. The molecule has 0 atom stereocenters. The van der Waals surface area contributed by atoms with E-state index in [1.807, 2.05) is 60.3 Å². The summed E-state index contributed by atoms with van der Waals surface area (Å²) in [6.45, 7) is 0.222. The summed E-state index contributed by atoms with van der Waals surface area (Å²) in [4.78, 5) is 30.1. The monoisotopic (exact) mass is 464 g/mol. The molecule has 0 bridgehead atoms. The van der Waals surface area contributed by atoms with Gasteiger partial charge in [0.15, 0.2) is 5.16 Å². The van der Waals surface area contributed by atoms with E-state index < -0.39 is 0 Å². The molecule has 0 unspecified atom stereocenters. The van der Waals surface area contributed by atoms with E-state index in [2.05, 4.69) is 15.6 Å². The van der Waals surface area contributed by atoms with E-state index in [0.717, 1.165) is 20.8 Å². The van der Waals surface area contributed by atoms with Gasteiger partial charge >= 0.3 is 0 Å². The van der Waals surface area contributed by atoms with Crippen LogP contribution in [-0.4, -0.2) is 27.9 Å². The lowest BCUT2D eigenvalue weighted by Crippen LogP contribution is -2.27. The molecule has 2 N–H and O–H groups in total. The molecule has 0 radical (unpaired) electrons. The number of aromatic nitrogens is 2. The number of fused-ring (bicyclic) bond motifs is 1. The molecule has 0 aliphatic carbocycles. The van der Waals surface area contributed by atoms with Crippen LogP contribution >= 0.6 is 23.4 Å². The minimum atomic E-state index is -0.215. The van der Waals surface area contributed by atoms with Crippen molar-refractivity contribution in [3.05, 3.63) is 83.6 Å². The highest BCUT2D eigenvalue weighted by molar-refractivity contribution is 7.99. The fourth-order valence-electron chi connectivity index (χ4n) is 3.17. The fourth-order valence-corrected chi connectivity index (χ4v) is 4.22. The zero-order valence-corrected chi connectivity index (χ0v) is 18.9. The van der Waals surface area contributed by atoms with Gasteiger partial charge in [0.05, 0.1) is 5.69 Å². The number of carbonyl (C=O) groups is 2. The van der Waals surface area contributed by atoms with E-state index in [9.17, 15) is 9.59 Å². The van der Waals surface area contributed by atoms with Gasteiger partial charge in [-0.15, -0.1) is 0 Å². The molecule has 0 fully saturated rings. The van der Waals surface area contributed by atoms with Crippen LogP contribution in [0.25, 0.3) is 10.8 Å². The second-order valence-electron chi connectivity index (χ2n) is 7.18. The standard InChI is InChI=1S/C24H21ClN4O2S/c1-29-13-12-27-24(29)32-21-9-8-19(25)15-20(21)28-22(30)10-11-26-23(31)18-7-6-16-4-2-3-5-17(16)14-18/h2-9,12-15H,10-11H2,1H3,(H,26,31)(H,28,30). The smallest absolute Gasteiger partial charge is 0.251 e. The lowest BCUT2D eigenvalue weighted by atomic mass is 10.1. The first-order valence-electron chi connectivity index (χ1n) is 10.0. The van der Waals surface area contributed by atoms with E-state index in [4.69, 9.17) is 11.6 Å². The number of imidazole rings is 1. The highest BCUT2D eigenvalue weighted by Crippen LogP contribution is 2.34. The maximum Gasteiger partial charge on any atom is 0.251 e. The lowest BCUT2D eigenvalue weighted by molar-refractivity contribution is -0.116. The van der Waals surface area contributed by atoms with Crippen molar-refractivity contribution in [2.45, 2.75) is 16.5 Å². The Kier molecular flexibility index (Phi) is 6.78. The molecule has 4 rings (SSSR count). The van der Waals surface area contributed by atoms with Gasteiger partial charge in [0.2, 0.25) is 5.91 Å². The molecule has 1 heterocycles. The molecule has 32 heavy (non-hydrogen) atoms. The van der Waals surface area contributed by atoms with E-state index in [0.29, 0.717) is 16.3 Å². The quantitative estimate of drug-likeness (QED) is 0.397. The van der Waals surface area contributed by atoms with Crippen LogP contribution in [0.15, 0.2) is 83.1 Å². The number of hydrogen-bond acceptors (Lipinski definition) is 4. The van der Waals surface area contributed by atoms with Crippen LogP contribution in [0.1, 0.15) is 16.8 Å². The molecule has 6 nitrogen and oxygen atoms in total. The zero-order chi connectivity index (χ0) is 22.5. The van der Waals surface area contributed by atoms with E-state index in [1.165, 1.54) is 11.8 Å². The van der Waals surface area contributed by atoms with E-state index >= 15 is 0 Å². The number of nitrogens with one attached hydrogen (secondary N) is 2. The van der Waals surface area contributed by atoms with Crippen molar-refractivity contribution in [1.29, 1.82) is 0 Å². The van der Waals surface area contributed by atoms with Gasteiger partial charge in [-0.25, -0.2) is 4.98 Å². The number of hydrogen-bond donors (Lipinski definition) is 2. The van der Waals surface area contributed by atoms with Gasteiger partial charge in [0.1, 0.15) is 0 Å². The summed E-state index contributed by atoms with van der Waals surface area (Å²) < 4.78 is 1.90. The minimum Gasteiger partial charge on any atom is -0.352 e. The molecule has 1 aromatic heterocycles. The Morgan fingerprint density at radius 2 is 1.88 bits per heavy atom. The molecule has 0 aliphatic heterocycles. The molecule has 2 amide bonds. The normalized spacial score (nSPS) is 10.8. The molecule has 0 aliphatic rings. The number of anilines is 1. The second kappa shape index (κ2) is 9.89. The number of rotatable bonds is 7. The number of carbonyl (C=O) groups excluding carboxylic acids is 2. The zero-order valence-electron chi connectivity index (χ0n) is 17.3. The third-order valence-electron chi connectivity index (χ3n) is 4.84. The van der Waals surface area contributed by atoms with Crippen LogP contribution in [0.3, 0.4) is 0 Å². The summed E-state index contributed by atoms with van der Waals surface area (Å²) in [5.41, 5.74) is 1.17. The topological polar surface area (TPSA) is 76.0 Å². The largest absolute Gasteiger partial charge is 0.352 e. The summed E-state index contributed by atoms with van der Waals surface area (Å²) in [5.74, 6) is -0.426. The maximum absolute atomic E-state index is 12.5. The van der Waals surface area contributed by atoms with Gasteiger partial charge in [0.25, 0.3) is 5.91 Å². The van der Waals surface area contributed by atoms with E-state index in [1.54, 1.807) is 24.4 Å². The first kappa shape index (κ1) is 21.9. The molecule has 162 valence electrons. The van der Waals surface area contributed by atoms with Crippen LogP contribution < -0.4 is 10.6 Å². The molecule has 4 aromatic rings. The maximum atomic E-state index is 12.5. The van der Waals surface area contributed by atoms with Crippen molar-refractivity contribution < 1.29 is 9.59 Å². The van der Waals surface area contributed by atoms with Crippen molar-refractivity contribution in [1.82, 2.24) is 14.9 Å². The molecule has 3 aromatic carbocycles. The predicted octanol–water partition coefficient (Wildman–Crippen LogP) is 5.14. The van der Waals surface area contributed by atoms with Crippen LogP contribution in [0.4, 0.5) is 5.69 Å². The van der Waals surface area contributed by atoms with Crippen LogP contribution in [0.5, 0.6) is 0 Å². The number of halogens is 1. The summed E-state index contributed by atoms with van der Waals surface area (Å²) in [6, 6.07) is 18.7. The first-order valence-corrected chi connectivity index (χ1v) is 11.2. The van der Waals surface area contributed by atoms with Gasteiger partial charge in [-0.2, -0.15) is 0 Å². The number of nitrogens with zero attached hydrogens (tertiary/aromatic N) is 2. The van der Waals surface area contributed by atoms with Crippen molar-refractivity contribution in [3.8, 4) is 0 Å². The van der Waals surface area contributed by atoms with Gasteiger partial charge < -0.3 is 15.2 Å². The minimum absolute atomic E-state index is 0.137. The van der Waals surface area contributed by atoms with Crippen molar-refractivity contribution in [2.24, 2.45) is 7.05 Å². The lowest BCUT2D eigenvalue weighted by Gasteiger charge is -2.12. The van der Waals surface area contributed by atoms with Crippen LogP contribution in [0, 0.1) is 0 Å². The number of amides is 2. The fraction of sp³-hybridized carbons (Fsp3) is 0.125. The summed E-state index contributed by atoms with van der Waals surface area (Å²) >= 11 is 7.56. The molecule has 0 saturated heterocycles. The Morgan fingerprint density at radius 1 is 1.06 bits per heavy atom. The average molecular weight is 465 g/mol.